The van der Waals surface area contributed by atoms with Gasteiger partial charge in [0.15, 0.2) is 0 Å². The van der Waals surface area contributed by atoms with Gasteiger partial charge < -0.3 is 10.1 Å². The molecule has 9 rings (SSSR count). The first kappa shape index (κ1) is 22.0. The molecule has 4 aliphatic rings. The summed E-state index contributed by atoms with van der Waals surface area (Å²) in [6.07, 6.45) is 4.75. The van der Waals surface area contributed by atoms with Gasteiger partial charge in [0.1, 0.15) is 11.9 Å². The van der Waals surface area contributed by atoms with Gasteiger partial charge in [0.05, 0.1) is 10.8 Å². The van der Waals surface area contributed by atoms with E-state index in [-0.39, 0.29) is 11.5 Å². The Kier molecular flexibility index (Phi) is 4.21. The van der Waals surface area contributed by atoms with Crippen molar-refractivity contribution >= 4 is 16.9 Å². The molecule has 190 valence electrons. The second-order valence-corrected chi connectivity index (χ2v) is 11.5. The van der Waals surface area contributed by atoms with Crippen LogP contribution in [0.2, 0.25) is 0 Å². The Hall–Kier alpha value is -4.82. The van der Waals surface area contributed by atoms with Crippen LogP contribution in [0.4, 0.5) is 11.4 Å². The molecule has 0 amide bonds. The van der Waals surface area contributed by atoms with Crippen molar-refractivity contribution in [3.8, 4) is 16.9 Å². The highest BCUT2D eigenvalue weighted by atomic mass is 16.5. The third kappa shape index (κ3) is 2.59. The molecule has 1 N–H and O–H groups in total. The molecule has 5 aromatic rings. The van der Waals surface area contributed by atoms with E-state index in [0.717, 1.165) is 17.1 Å². The van der Waals surface area contributed by atoms with E-state index in [0.29, 0.717) is 0 Å². The second-order valence-electron chi connectivity index (χ2n) is 11.5. The molecule has 0 saturated heterocycles. The van der Waals surface area contributed by atoms with Crippen LogP contribution in [0.1, 0.15) is 34.7 Å². The van der Waals surface area contributed by atoms with Gasteiger partial charge in [-0.05, 0) is 76.2 Å². The number of anilines is 2. The summed E-state index contributed by atoms with van der Waals surface area (Å²) in [5.74, 6) is 0.994. The highest BCUT2D eigenvalue weighted by Crippen LogP contribution is 2.66. The molecule has 2 heteroatoms. The molecule has 0 bridgehead atoms. The molecule has 1 spiro atoms. The molecular formula is C38H27NO. The largest absolute Gasteiger partial charge is 0.484 e. The summed E-state index contributed by atoms with van der Waals surface area (Å²) in [6, 6.07) is 43.8. The summed E-state index contributed by atoms with van der Waals surface area (Å²) < 4.78 is 6.84. The standard InChI is InChI=1S/C38H27NO/c1-37-22-21-32-35(36(37)40-34-18-10-9-17-31(34)37)28-14-6-8-16-30(28)38(32)29-15-7-5-13-26(29)27-20-19-25(23-33(27)38)39-24-11-3-2-4-12-24/h2-23,36,39H,1H3. The van der Waals surface area contributed by atoms with Crippen molar-refractivity contribution in [2.24, 2.45) is 0 Å². The first-order valence-corrected chi connectivity index (χ1v) is 14.1. The van der Waals surface area contributed by atoms with Crippen LogP contribution in [0.3, 0.4) is 0 Å². The lowest BCUT2D eigenvalue weighted by atomic mass is 9.66. The van der Waals surface area contributed by atoms with Gasteiger partial charge in [0.2, 0.25) is 0 Å². The van der Waals surface area contributed by atoms with Gasteiger partial charge in [-0.15, -0.1) is 0 Å². The van der Waals surface area contributed by atoms with Crippen molar-refractivity contribution < 1.29 is 4.74 Å². The lowest BCUT2D eigenvalue weighted by molar-refractivity contribution is 0.237. The zero-order valence-electron chi connectivity index (χ0n) is 22.2. The normalized spacial score (nSPS) is 24.1. The summed E-state index contributed by atoms with van der Waals surface area (Å²) in [4.78, 5) is 0. The van der Waals surface area contributed by atoms with E-state index in [1.165, 1.54) is 50.1 Å². The van der Waals surface area contributed by atoms with Crippen molar-refractivity contribution in [2.45, 2.75) is 23.9 Å². The molecule has 1 aliphatic heterocycles. The topological polar surface area (TPSA) is 21.3 Å². The predicted octanol–water partition coefficient (Wildman–Crippen LogP) is 8.80. The molecule has 0 aromatic heterocycles. The van der Waals surface area contributed by atoms with Crippen molar-refractivity contribution in [1.29, 1.82) is 0 Å². The summed E-state index contributed by atoms with van der Waals surface area (Å²) in [5.41, 5.74) is 13.4. The fourth-order valence-corrected chi connectivity index (χ4v) is 7.86. The van der Waals surface area contributed by atoms with Gasteiger partial charge in [-0.3, -0.25) is 0 Å². The summed E-state index contributed by atoms with van der Waals surface area (Å²) in [7, 11) is 0. The van der Waals surface area contributed by atoms with E-state index in [4.69, 9.17) is 4.74 Å². The minimum Gasteiger partial charge on any atom is -0.484 e. The number of hydrogen-bond donors (Lipinski definition) is 1. The van der Waals surface area contributed by atoms with Crippen LogP contribution in [0.5, 0.6) is 5.75 Å². The van der Waals surface area contributed by atoms with Gasteiger partial charge in [-0.1, -0.05) is 103 Å². The smallest absolute Gasteiger partial charge is 0.138 e. The summed E-state index contributed by atoms with van der Waals surface area (Å²) in [5, 5.41) is 3.66. The fraction of sp³-hybridized carbons (Fsp3) is 0.105. The Morgan fingerprint density at radius 2 is 1.25 bits per heavy atom. The third-order valence-corrected chi connectivity index (χ3v) is 9.54. The molecular weight excluding hydrogens is 486 g/mol. The maximum Gasteiger partial charge on any atom is 0.138 e. The molecule has 1 heterocycles. The Morgan fingerprint density at radius 3 is 2.08 bits per heavy atom. The quantitative estimate of drug-likeness (QED) is 0.255. The maximum absolute atomic E-state index is 6.84. The van der Waals surface area contributed by atoms with Crippen LogP contribution in [0, 0.1) is 0 Å². The third-order valence-electron chi connectivity index (χ3n) is 9.54. The van der Waals surface area contributed by atoms with Gasteiger partial charge in [-0.25, -0.2) is 0 Å². The molecule has 3 aliphatic carbocycles. The fourth-order valence-electron chi connectivity index (χ4n) is 7.86. The molecule has 3 atom stereocenters. The lowest BCUT2D eigenvalue weighted by Gasteiger charge is -2.36. The molecule has 0 saturated carbocycles. The highest BCUT2D eigenvalue weighted by Gasteiger charge is 2.58. The van der Waals surface area contributed by atoms with E-state index in [1.807, 2.05) is 0 Å². The highest BCUT2D eigenvalue weighted by molar-refractivity contribution is 5.98. The number of rotatable bonds is 2. The average molecular weight is 514 g/mol. The minimum absolute atomic E-state index is 0.0766. The zero-order valence-corrected chi connectivity index (χ0v) is 22.2. The van der Waals surface area contributed by atoms with E-state index in [2.05, 4.69) is 146 Å². The molecule has 0 radical (unpaired) electrons. The molecule has 3 unspecified atom stereocenters. The van der Waals surface area contributed by atoms with E-state index in [9.17, 15) is 0 Å². The monoisotopic (exact) mass is 513 g/mol. The molecule has 5 aromatic carbocycles. The first-order valence-electron chi connectivity index (χ1n) is 14.1. The summed E-state index contributed by atoms with van der Waals surface area (Å²) >= 11 is 0. The number of hydrogen-bond acceptors (Lipinski definition) is 2. The number of para-hydroxylation sites is 2. The first-order chi connectivity index (χ1) is 19.7. The zero-order chi connectivity index (χ0) is 26.5. The summed E-state index contributed by atoms with van der Waals surface area (Å²) in [6.45, 7) is 2.33. The molecule has 0 fully saturated rings. The number of fused-ring (bicyclic) bond motifs is 13. The average Bonchev–Trinajstić information content (AvgIpc) is 3.58. The molecule has 2 nitrogen and oxygen atoms in total. The maximum atomic E-state index is 6.84. The van der Waals surface area contributed by atoms with Crippen molar-refractivity contribution in [3.05, 3.63) is 167 Å². The van der Waals surface area contributed by atoms with Crippen molar-refractivity contribution in [3.63, 3.8) is 0 Å². The van der Waals surface area contributed by atoms with Crippen LogP contribution in [-0.4, -0.2) is 6.10 Å². The number of benzene rings is 5. The predicted molar refractivity (Wildman–Crippen MR) is 162 cm³/mol. The van der Waals surface area contributed by atoms with Gasteiger partial charge in [0.25, 0.3) is 0 Å². The Labute approximate surface area is 234 Å². The minimum atomic E-state index is -0.401. The van der Waals surface area contributed by atoms with E-state index < -0.39 is 5.41 Å². The van der Waals surface area contributed by atoms with Gasteiger partial charge in [0, 0.05) is 22.5 Å². The Balaban J connectivity index is 1.33. The Bertz CT molecular complexity index is 1930. The lowest BCUT2D eigenvalue weighted by Crippen LogP contribution is -2.37. The van der Waals surface area contributed by atoms with Gasteiger partial charge in [-0.2, -0.15) is 0 Å². The van der Waals surface area contributed by atoms with Crippen LogP contribution in [-0.2, 0) is 10.8 Å². The SMILES string of the molecule is CC12C=CC3=C(c4ccccc4C34c3ccccc3-c3ccc(Nc5ccccc5)cc34)C1Oc1ccccc12. The van der Waals surface area contributed by atoms with Crippen LogP contribution in [0.15, 0.2) is 139 Å². The van der Waals surface area contributed by atoms with E-state index in [1.54, 1.807) is 0 Å². The second kappa shape index (κ2) is 7.64. The van der Waals surface area contributed by atoms with Gasteiger partial charge >= 0.3 is 0 Å². The Morgan fingerprint density at radius 1 is 0.600 bits per heavy atom. The van der Waals surface area contributed by atoms with Crippen LogP contribution >= 0.6 is 0 Å². The number of ether oxygens (including phenoxy) is 1. The van der Waals surface area contributed by atoms with Crippen molar-refractivity contribution in [2.75, 3.05) is 5.32 Å². The number of nitrogens with one attached hydrogen (secondary N) is 1. The van der Waals surface area contributed by atoms with Crippen LogP contribution in [0.25, 0.3) is 16.7 Å². The molecule has 40 heavy (non-hydrogen) atoms. The number of allylic oxidation sites excluding steroid dienone is 2. The van der Waals surface area contributed by atoms with Crippen molar-refractivity contribution in [1.82, 2.24) is 0 Å². The van der Waals surface area contributed by atoms with E-state index >= 15 is 0 Å². The van der Waals surface area contributed by atoms with Crippen LogP contribution < -0.4 is 10.1 Å².